The average molecular weight is 363 g/mol. The molecule has 3 aliphatic heterocycles. The number of hydrazone groups is 1. The highest BCUT2D eigenvalue weighted by Crippen LogP contribution is 2.23. The fraction of sp³-hybridized carbons (Fsp3) is 0.706. The average Bonchev–Trinajstić information content (AvgIpc) is 3.00. The monoisotopic (exact) mass is 363 g/mol. The largest absolute Gasteiger partial charge is 0.416 e. The van der Waals surface area contributed by atoms with Crippen LogP contribution >= 0.6 is 0 Å². The van der Waals surface area contributed by atoms with E-state index in [1.165, 1.54) is 9.80 Å². The molecule has 0 saturated carbocycles. The van der Waals surface area contributed by atoms with E-state index in [2.05, 4.69) is 17.0 Å². The molecule has 0 spiro atoms. The standard InChI is InChI=1S/C17H27N6O3/c1-5-6-7-8-21-15(24)13-14(20(3)17(21)25)18-16-22(13)11-12(2)19-23(16)9-10-26-4/h13H,5-11H2,1-4H3/q+1. The first-order valence-electron chi connectivity index (χ1n) is 9.11. The Kier molecular flexibility index (Phi) is 5.36. The summed E-state index contributed by atoms with van der Waals surface area (Å²) in [6.45, 7) is 6.02. The smallest absolute Gasteiger partial charge is 0.381 e. The maximum absolute atomic E-state index is 13.1. The summed E-state index contributed by atoms with van der Waals surface area (Å²) in [5.74, 6) is 0.893. The third-order valence-electron chi connectivity index (χ3n) is 4.80. The third kappa shape index (κ3) is 3.11. The lowest BCUT2D eigenvalue weighted by Crippen LogP contribution is -2.63. The van der Waals surface area contributed by atoms with Crippen molar-refractivity contribution in [2.75, 3.05) is 40.4 Å². The van der Waals surface area contributed by atoms with Crippen molar-refractivity contribution < 1.29 is 18.9 Å². The zero-order valence-electron chi connectivity index (χ0n) is 15.9. The number of unbranched alkanes of at least 4 members (excludes halogenated alkanes) is 2. The number of ether oxygens (including phenoxy) is 1. The SMILES string of the molecule is CCCCCN1C(=O)C2C(=NC3=[N+]2CC(C)=NN3CCOC)N(C)C1=O. The van der Waals surface area contributed by atoms with Gasteiger partial charge >= 0.3 is 12.0 Å². The molecule has 142 valence electrons. The molecule has 3 amide bonds. The molecule has 0 aromatic heterocycles. The van der Waals surface area contributed by atoms with Gasteiger partial charge in [-0.3, -0.25) is 14.6 Å². The molecule has 1 fully saturated rings. The van der Waals surface area contributed by atoms with Crippen molar-refractivity contribution in [1.29, 1.82) is 0 Å². The van der Waals surface area contributed by atoms with Crippen molar-refractivity contribution in [2.45, 2.75) is 39.2 Å². The van der Waals surface area contributed by atoms with Crippen LogP contribution in [0.1, 0.15) is 33.1 Å². The number of hydrogen-bond acceptors (Lipinski definition) is 6. The van der Waals surface area contributed by atoms with Crippen molar-refractivity contribution in [3.05, 3.63) is 0 Å². The van der Waals surface area contributed by atoms with Gasteiger partial charge in [-0.1, -0.05) is 24.8 Å². The summed E-state index contributed by atoms with van der Waals surface area (Å²) in [5.41, 5.74) is 0.895. The Morgan fingerprint density at radius 2 is 2.04 bits per heavy atom. The molecule has 0 aromatic carbocycles. The van der Waals surface area contributed by atoms with Crippen molar-refractivity contribution in [3.63, 3.8) is 0 Å². The Balaban J connectivity index is 1.89. The van der Waals surface area contributed by atoms with Gasteiger partial charge in [-0.05, 0) is 13.3 Å². The lowest BCUT2D eigenvalue weighted by Gasteiger charge is -2.34. The van der Waals surface area contributed by atoms with Gasteiger partial charge in [0, 0.05) is 20.7 Å². The number of methoxy groups -OCH3 is 1. The second kappa shape index (κ2) is 7.53. The lowest BCUT2D eigenvalue weighted by molar-refractivity contribution is -0.527. The molecule has 0 aliphatic carbocycles. The highest BCUT2D eigenvalue weighted by atomic mass is 16.5. The van der Waals surface area contributed by atoms with Gasteiger partial charge in [0.05, 0.1) is 12.3 Å². The number of hydrogen-bond donors (Lipinski definition) is 0. The van der Waals surface area contributed by atoms with Gasteiger partial charge in [0.25, 0.3) is 5.91 Å². The van der Waals surface area contributed by atoms with Crippen LogP contribution in [0.15, 0.2) is 10.1 Å². The van der Waals surface area contributed by atoms with Gasteiger partial charge in [0.15, 0.2) is 0 Å². The van der Waals surface area contributed by atoms with Crippen LogP contribution < -0.4 is 0 Å². The van der Waals surface area contributed by atoms with Crippen molar-refractivity contribution >= 4 is 29.4 Å². The summed E-state index contributed by atoms with van der Waals surface area (Å²) < 4.78 is 7.08. The van der Waals surface area contributed by atoms with Crippen LogP contribution in [-0.2, 0) is 9.53 Å². The maximum atomic E-state index is 13.1. The Bertz CT molecular complexity index is 699. The van der Waals surface area contributed by atoms with Crippen LogP contribution in [0.3, 0.4) is 0 Å². The molecule has 3 heterocycles. The maximum Gasteiger partial charge on any atom is 0.416 e. The van der Waals surface area contributed by atoms with E-state index in [0.717, 1.165) is 25.0 Å². The van der Waals surface area contributed by atoms with E-state index in [1.807, 2.05) is 11.5 Å². The quantitative estimate of drug-likeness (QED) is 0.489. The normalized spacial score (nSPS) is 22.6. The molecule has 3 aliphatic rings. The second-order valence-corrected chi connectivity index (χ2v) is 6.79. The molecule has 1 saturated heterocycles. The summed E-state index contributed by atoms with van der Waals surface area (Å²) in [5, 5.41) is 6.28. The zero-order valence-corrected chi connectivity index (χ0v) is 15.9. The Morgan fingerprint density at radius 1 is 1.27 bits per heavy atom. The number of imide groups is 1. The topological polar surface area (TPSA) is 80.8 Å². The van der Waals surface area contributed by atoms with Crippen LogP contribution in [0, 0.1) is 0 Å². The molecule has 0 bridgehead atoms. The number of amidine groups is 1. The predicted molar refractivity (Wildman–Crippen MR) is 97.4 cm³/mol. The summed E-state index contributed by atoms with van der Waals surface area (Å²) in [7, 11) is 3.31. The molecule has 9 nitrogen and oxygen atoms in total. The fourth-order valence-corrected chi connectivity index (χ4v) is 3.46. The molecule has 1 unspecified atom stereocenters. The molecule has 26 heavy (non-hydrogen) atoms. The fourth-order valence-electron chi connectivity index (χ4n) is 3.46. The van der Waals surface area contributed by atoms with Gasteiger partial charge < -0.3 is 4.74 Å². The lowest BCUT2D eigenvalue weighted by atomic mass is 10.1. The first-order chi connectivity index (χ1) is 12.5. The van der Waals surface area contributed by atoms with Crippen molar-refractivity contribution in [1.82, 2.24) is 14.8 Å². The van der Waals surface area contributed by atoms with E-state index >= 15 is 0 Å². The summed E-state index contributed by atoms with van der Waals surface area (Å²) in [4.78, 5) is 33.2. The number of urea groups is 1. The van der Waals surface area contributed by atoms with Gasteiger partial charge in [-0.15, -0.1) is 10.1 Å². The number of guanidine groups is 1. The van der Waals surface area contributed by atoms with Crippen LogP contribution in [0.25, 0.3) is 0 Å². The molecule has 3 rings (SSSR count). The minimum atomic E-state index is -0.565. The number of carbonyl (C=O) groups is 2. The number of rotatable bonds is 7. The van der Waals surface area contributed by atoms with E-state index in [4.69, 9.17) is 4.74 Å². The first-order valence-corrected chi connectivity index (χ1v) is 9.11. The summed E-state index contributed by atoms with van der Waals surface area (Å²) in [6.07, 6.45) is 2.85. The van der Waals surface area contributed by atoms with E-state index < -0.39 is 6.04 Å². The Morgan fingerprint density at radius 3 is 2.73 bits per heavy atom. The minimum absolute atomic E-state index is 0.195. The second-order valence-electron chi connectivity index (χ2n) is 6.79. The molecule has 0 N–H and O–H groups in total. The van der Waals surface area contributed by atoms with Crippen molar-refractivity contribution in [2.24, 2.45) is 10.1 Å². The highest BCUT2D eigenvalue weighted by molar-refractivity contribution is 6.23. The van der Waals surface area contributed by atoms with Gasteiger partial charge in [0.1, 0.15) is 13.1 Å². The van der Waals surface area contributed by atoms with E-state index in [-0.39, 0.29) is 11.9 Å². The number of amides is 3. The summed E-state index contributed by atoms with van der Waals surface area (Å²) >= 11 is 0. The molecule has 0 radical (unpaired) electrons. The Labute approximate surface area is 153 Å². The molecule has 9 heteroatoms. The predicted octanol–water partition coefficient (Wildman–Crippen LogP) is 0.558. The highest BCUT2D eigenvalue weighted by Gasteiger charge is 2.54. The van der Waals surface area contributed by atoms with E-state index in [9.17, 15) is 9.59 Å². The number of carbonyl (C=O) groups excluding carboxylic acids is 2. The van der Waals surface area contributed by atoms with Crippen molar-refractivity contribution in [3.8, 4) is 0 Å². The van der Waals surface area contributed by atoms with Crippen LogP contribution in [0.4, 0.5) is 4.79 Å². The molecule has 1 atom stereocenters. The van der Waals surface area contributed by atoms with Crippen LogP contribution in [0.5, 0.6) is 0 Å². The Hall–Kier alpha value is -2.29. The molecular weight excluding hydrogens is 336 g/mol. The number of nitrogens with zero attached hydrogens (tertiary/aromatic N) is 6. The van der Waals surface area contributed by atoms with Crippen LogP contribution in [-0.4, -0.2) is 95.3 Å². The van der Waals surface area contributed by atoms with E-state index in [1.54, 1.807) is 19.2 Å². The van der Waals surface area contributed by atoms with Gasteiger partial charge in [-0.2, -0.15) is 0 Å². The third-order valence-corrected chi connectivity index (χ3v) is 4.80. The van der Waals surface area contributed by atoms with Gasteiger partial charge in [-0.25, -0.2) is 9.37 Å². The first kappa shape index (κ1) is 18.5. The zero-order chi connectivity index (χ0) is 18.8. The molecular formula is C17H27N6O3+. The number of likely N-dealkylation sites (N-methyl/N-ethyl adjacent to an activating group) is 1. The van der Waals surface area contributed by atoms with Crippen LogP contribution in [0.2, 0.25) is 0 Å². The number of aliphatic imine (C=N–C) groups is 1. The minimum Gasteiger partial charge on any atom is -0.381 e. The molecule has 0 aromatic rings. The van der Waals surface area contributed by atoms with Gasteiger partial charge in [0.2, 0.25) is 11.9 Å². The number of fused-ring (bicyclic) bond motifs is 2. The van der Waals surface area contributed by atoms with E-state index in [0.29, 0.717) is 38.0 Å². The summed E-state index contributed by atoms with van der Waals surface area (Å²) in [6, 6.07) is -0.868.